The molecule has 25 heavy (non-hydrogen) atoms. The summed E-state index contributed by atoms with van der Waals surface area (Å²) in [6.07, 6.45) is 5.31. The van der Waals surface area contributed by atoms with E-state index in [0.717, 1.165) is 38.2 Å². The summed E-state index contributed by atoms with van der Waals surface area (Å²) in [6, 6.07) is 3.85. The average Bonchev–Trinajstić information content (AvgIpc) is 2.69. The summed E-state index contributed by atoms with van der Waals surface area (Å²) in [5.74, 6) is 0.667. The lowest BCUT2D eigenvalue weighted by Gasteiger charge is -2.36. The lowest BCUT2D eigenvalue weighted by molar-refractivity contribution is -0.138. The standard InChI is InChI=1S/C18H27N3O4/c1-23-17-6-5-15(12-19-17)20-7-9-21(10-8-20)18(22)14-24-13-16-4-2-3-11-25-16/h5-6,12,16H,2-4,7-11,13-14H2,1H3. The molecule has 1 aromatic rings. The van der Waals surface area contributed by atoms with E-state index >= 15 is 0 Å². The molecule has 2 aliphatic rings. The largest absolute Gasteiger partial charge is 0.481 e. The SMILES string of the molecule is COc1ccc(N2CCN(C(=O)COCC3CCCCO3)CC2)cn1. The van der Waals surface area contributed by atoms with Crippen molar-refractivity contribution in [3.8, 4) is 5.88 Å². The average molecular weight is 349 g/mol. The van der Waals surface area contributed by atoms with E-state index in [9.17, 15) is 4.79 Å². The molecule has 2 fully saturated rings. The first-order chi connectivity index (χ1) is 12.3. The maximum absolute atomic E-state index is 12.3. The molecule has 0 N–H and O–H groups in total. The van der Waals surface area contributed by atoms with Crippen LogP contribution in [0.25, 0.3) is 0 Å². The van der Waals surface area contributed by atoms with Gasteiger partial charge in [0.25, 0.3) is 0 Å². The van der Waals surface area contributed by atoms with E-state index in [4.69, 9.17) is 14.2 Å². The van der Waals surface area contributed by atoms with Gasteiger partial charge in [-0.25, -0.2) is 4.98 Å². The van der Waals surface area contributed by atoms with Crippen molar-refractivity contribution >= 4 is 11.6 Å². The lowest BCUT2D eigenvalue weighted by atomic mass is 10.1. The van der Waals surface area contributed by atoms with Crippen LogP contribution in [0.5, 0.6) is 5.88 Å². The fourth-order valence-corrected chi connectivity index (χ4v) is 3.20. The van der Waals surface area contributed by atoms with Crippen LogP contribution in [0.4, 0.5) is 5.69 Å². The number of pyridine rings is 1. The van der Waals surface area contributed by atoms with Crippen molar-refractivity contribution < 1.29 is 19.0 Å². The van der Waals surface area contributed by atoms with Crippen molar-refractivity contribution in [2.24, 2.45) is 0 Å². The first-order valence-corrected chi connectivity index (χ1v) is 8.98. The van der Waals surface area contributed by atoms with E-state index in [2.05, 4.69) is 9.88 Å². The van der Waals surface area contributed by atoms with Gasteiger partial charge in [-0.2, -0.15) is 0 Å². The number of hydrogen-bond acceptors (Lipinski definition) is 6. The second-order valence-corrected chi connectivity index (χ2v) is 6.43. The number of hydrogen-bond donors (Lipinski definition) is 0. The van der Waals surface area contributed by atoms with Crippen LogP contribution >= 0.6 is 0 Å². The van der Waals surface area contributed by atoms with Gasteiger partial charge in [0.15, 0.2) is 0 Å². The number of piperazine rings is 1. The molecule has 0 spiro atoms. The van der Waals surface area contributed by atoms with Crippen molar-refractivity contribution in [1.82, 2.24) is 9.88 Å². The van der Waals surface area contributed by atoms with Crippen LogP contribution in [0.1, 0.15) is 19.3 Å². The van der Waals surface area contributed by atoms with Gasteiger partial charge in [-0.1, -0.05) is 0 Å². The summed E-state index contributed by atoms with van der Waals surface area (Å²) in [6.45, 7) is 4.47. The second-order valence-electron chi connectivity index (χ2n) is 6.43. The zero-order valence-electron chi connectivity index (χ0n) is 14.9. The molecule has 1 unspecified atom stereocenters. The van der Waals surface area contributed by atoms with Gasteiger partial charge < -0.3 is 24.0 Å². The van der Waals surface area contributed by atoms with E-state index in [0.29, 0.717) is 25.6 Å². The summed E-state index contributed by atoms with van der Waals surface area (Å²) >= 11 is 0. The molecular weight excluding hydrogens is 322 g/mol. The summed E-state index contributed by atoms with van der Waals surface area (Å²) < 4.78 is 16.3. The van der Waals surface area contributed by atoms with Crippen LogP contribution < -0.4 is 9.64 Å². The van der Waals surface area contributed by atoms with Gasteiger partial charge >= 0.3 is 0 Å². The summed E-state index contributed by atoms with van der Waals surface area (Å²) in [7, 11) is 1.61. The van der Waals surface area contributed by atoms with Crippen LogP contribution in [0.3, 0.4) is 0 Å². The quantitative estimate of drug-likeness (QED) is 0.772. The number of carbonyl (C=O) groups is 1. The molecular formula is C18H27N3O4. The molecule has 7 heteroatoms. The summed E-state index contributed by atoms with van der Waals surface area (Å²) in [4.78, 5) is 20.6. The third-order valence-electron chi connectivity index (χ3n) is 4.73. The van der Waals surface area contributed by atoms with Crippen molar-refractivity contribution in [1.29, 1.82) is 0 Å². The Bertz CT molecular complexity index is 538. The molecule has 7 nitrogen and oxygen atoms in total. The summed E-state index contributed by atoms with van der Waals surface area (Å²) in [5, 5.41) is 0. The van der Waals surface area contributed by atoms with Gasteiger partial charge in [0, 0.05) is 38.9 Å². The number of ether oxygens (including phenoxy) is 3. The Morgan fingerprint density at radius 3 is 2.76 bits per heavy atom. The Morgan fingerprint density at radius 2 is 2.12 bits per heavy atom. The number of anilines is 1. The maximum Gasteiger partial charge on any atom is 0.248 e. The van der Waals surface area contributed by atoms with Crippen LogP contribution in [0.2, 0.25) is 0 Å². The molecule has 1 amide bonds. The Balaban J connectivity index is 1.38. The molecule has 2 aliphatic heterocycles. The highest BCUT2D eigenvalue weighted by atomic mass is 16.5. The van der Waals surface area contributed by atoms with Gasteiger partial charge in [0.05, 0.1) is 31.7 Å². The first kappa shape index (κ1) is 17.9. The number of amides is 1. The molecule has 2 saturated heterocycles. The molecule has 3 heterocycles. The first-order valence-electron chi connectivity index (χ1n) is 8.98. The fourth-order valence-electron chi connectivity index (χ4n) is 3.20. The molecule has 1 atom stereocenters. The lowest BCUT2D eigenvalue weighted by Crippen LogP contribution is -2.50. The van der Waals surface area contributed by atoms with Crippen LogP contribution in [-0.4, -0.2) is 75.0 Å². The Morgan fingerprint density at radius 1 is 1.28 bits per heavy atom. The van der Waals surface area contributed by atoms with Crippen molar-refractivity contribution in [2.75, 3.05) is 58.0 Å². The molecule has 3 rings (SSSR count). The molecule has 138 valence electrons. The van der Waals surface area contributed by atoms with E-state index < -0.39 is 0 Å². The molecule has 0 radical (unpaired) electrons. The predicted octanol–water partition coefficient (Wildman–Crippen LogP) is 1.32. The molecule has 0 aromatic carbocycles. The van der Waals surface area contributed by atoms with Gasteiger partial charge in [0.1, 0.15) is 6.61 Å². The van der Waals surface area contributed by atoms with E-state index in [1.54, 1.807) is 7.11 Å². The van der Waals surface area contributed by atoms with E-state index in [1.807, 2.05) is 23.2 Å². The van der Waals surface area contributed by atoms with Crippen molar-refractivity contribution in [3.05, 3.63) is 18.3 Å². The highest BCUT2D eigenvalue weighted by Gasteiger charge is 2.22. The third kappa shape index (κ3) is 5.06. The monoisotopic (exact) mass is 349 g/mol. The second kappa shape index (κ2) is 9.01. The minimum absolute atomic E-state index is 0.0586. The van der Waals surface area contributed by atoms with Crippen molar-refractivity contribution in [3.63, 3.8) is 0 Å². The Hall–Kier alpha value is -1.86. The van der Waals surface area contributed by atoms with Gasteiger partial charge in [0.2, 0.25) is 11.8 Å². The minimum atomic E-state index is 0.0586. The van der Waals surface area contributed by atoms with Crippen LogP contribution in [0.15, 0.2) is 18.3 Å². The highest BCUT2D eigenvalue weighted by Crippen LogP contribution is 2.18. The third-order valence-corrected chi connectivity index (χ3v) is 4.73. The van der Waals surface area contributed by atoms with Gasteiger partial charge in [-0.3, -0.25) is 4.79 Å². The fraction of sp³-hybridized carbons (Fsp3) is 0.667. The maximum atomic E-state index is 12.3. The smallest absolute Gasteiger partial charge is 0.248 e. The zero-order valence-corrected chi connectivity index (χ0v) is 14.9. The molecule has 1 aromatic heterocycles. The topological polar surface area (TPSA) is 64.1 Å². The summed E-state index contributed by atoms with van der Waals surface area (Å²) in [5.41, 5.74) is 1.05. The number of rotatable bonds is 6. The van der Waals surface area contributed by atoms with Crippen LogP contribution in [-0.2, 0) is 14.3 Å². The number of aromatic nitrogens is 1. The number of methoxy groups -OCH3 is 1. The normalized spacial score (nSPS) is 21.2. The van der Waals surface area contributed by atoms with Gasteiger partial charge in [-0.05, 0) is 25.3 Å². The minimum Gasteiger partial charge on any atom is -0.481 e. The van der Waals surface area contributed by atoms with Crippen molar-refractivity contribution in [2.45, 2.75) is 25.4 Å². The zero-order chi connectivity index (χ0) is 17.5. The molecule has 0 saturated carbocycles. The molecule has 0 aliphatic carbocycles. The predicted molar refractivity (Wildman–Crippen MR) is 94.0 cm³/mol. The van der Waals surface area contributed by atoms with E-state index in [1.165, 1.54) is 6.42 Å². The highest BCUT2D eigenvalue weighted by molar-refractivity contribution is 5.77. The Kier molecular flexibility index (Phi) is 6.47. The number of carbonyl (C=O) groups excluding carboxylic acids is 1. The molecule has 0 bridgehead atoms. The van der Waals surface area contributed by atoms with Crippen LogP contribution in [0, 0.1) is 0 Å². The Labute approximate surface area is 148 Å². The number of nitrogens with zero attached hydrogens (tertiary/aromatic N) is 3. The van der Waals surface area contributed by atoms with Gasteiger partial charge in [-0.15, -0.1) is 0 Å². The van der Waals surface area contributed by atoms with E-state index in [-0.39, 0.29) is 18.6 Å².